The van der Waals surface area contributed by atoms with Crippen molar-refractivity contribution in [2.24, 2.45) is 0 Å². The van der Waals surface area contributed by atoms with E-state index in [1.807, 2.05) is 0 Å². The summed E-state index contributed by atoms with van der Waals surface area (Å²) in [7, 11) is 1.55. The first-order valence-electron chi connectivity index (χ1n) is 5.76. The third kappa shape index (κ3) is 4.78. The highest BCUT2D eigenvalue weighted by Gasteiger charge is 2.17. The monoisotopic (exact) mass is 271 g/mol. The number of ether oxygens (including phenoxy) is 1. The fraction of sp³-hybridized carbons (Fsp3) is 0.545. The van der Waals surface area contributed by atoms with Crippen molar-refractivity contribution in [1.82, 2.24) is 9.88 Å². The van der Waals surface area contributed by atoms with Crippen molar-refractivity contribution in [3.05, 3.63) is 28.1 Å². The van der Waals surface area contributed by atoms with Crippen molar-refractivity contribution < 1.29 is 19.6 Å². The number of methoxy groups -OCH3 is 1. The van der Waals surface area contributed by atoms with Gasteiger partial charge in [0.2, 0.25) is 0 Å². The van der Waals surface area contributed by atoms with Crippen molar-refractivity contribution in [3.8, 4) is 0 Å². The number of nitrogens with zero attached hydrogens (tertiary/aromatic N) is 2. The molecule has 0 spiro atoms. The van der Waals surface area contributed by atoms with Gasteiger partial charge in [0.15, 0.2) is 5.78 Å². The molecule has 8 nitrogen and oxygen atoms in total. The zero-order valence-corrected chi connectivity index (χ0v) is 10.7. The zero-order chi connectivity index (χ0) is 14.3. The van der Waals surface area contributed by atoms with E-state index in [1.54, 1.807) is 12.0 Å². The summed E-state index contributed by atoms with van der Waals surface area (Å²) in [4.78, 5) is 26.2. The second-order valence-corrected chi connectivity index (χ2v) is 3.94. The van der Waals surface area contributed by atoms with E-state index in [4.69, 9.17) is 9.84 Å². The first-order chi connectivity index (χ1) is 9.08. The molecule has 1 aromatic heterocycles. The van der Waals surface area contributed by atoms with Crippen molar-refractivity contribution in [1.29, 1.82) is 0 Å². The van der Waals surface area contributed by atoms with Crippen LogP contribution in [0.5, 0.6) is 0 Å². The lowest BCUT2D eigenvalue weighted by Gasteiger charge is -2.19. The number of aromatic nitrogens is 1. The lowest BCUT2D eigenvalue weighted by Crippen LogP contribution is -2.35. The average Bonchev–Trinajstić information content (AvgIpc) is 2.86. The van der Waals surface area contributed by atoms with Crippen molar-refractivity contribution >= 4 is 11.5 Å². The summed E-state index contributed by atoms with van der Waals surface area (Å²) in [6.07, 6.45) is 1.18. The number of carbonyl (C=O) groups is 1. The number of Topliss-reactive ketones (excluding diaryl/α,β-unsaturated/α-hetero) is 1. The Kier molecular flexibility index (Phi) is 6.13. The van der Waals surface area contributed by atoms with Gasteiger partial charge in [-0.2, -0.15) is 0 Å². The van der Waals surface area contributed by atoms with Gasteiger partial charge in [-0.3, -0.25) is 19.8 Å². The smallest absolute Gasteiger partial charge is 0.287 e. The normalized spacial score (nSPS) is 10.9. The van der Waals surface area contributed by atoms with Gasteiger partial charge in [-0.15, -0.1) is 0 Å². The maximum absolute atomic E-state index is 11.9. The summed E-state index contributed by atoms with van der Waals surface area (Å²) in [5, 5.41) is 19.4. The number of aromatic amines is 1. The molecule has 8 heteroatoms. The molecule has 0 fully saturated rings. The molecule has 1 aromatic rings. The highest BCUT2D eigenvalue weighted by molar-refractivity contribution is 5.96. The molecule has 2 N–H and O–H groups in total. The van der Waals surface area contributed by atoms with Crippen molar-refractivity contribution in [2.75, 3.05) is 40.0 Å². The number of nitro groups is 1. The Morgan fingerprint density at radius 1 is 1.58 bits per heavy atom. The van der Waals surface area contributed by atoms with Crippen LogP contribution in [0.15, 0.2) is 12.3 Å². The summed E-state index contributed by atoms with van der Waals surface area (Å²) < 4.78 is 4.91. The minimum Gasteiger partial charge on any atom is -0.395 e. The molecule has 19 heavy (non-hydrogen) atoms. The minimum atomic E-state index is -0.566. The second kappa shape index (κ2) is 7.62. The summed E-state index contributed by atoms with van der Waals surface area (Å²) in [5.41, 5.74) is 0.0426. The predicted molar refractivity (Wildman–Crippen MR) is 67.2 cm³/mol. The third-order valence-electron chi connectivity index (χ3n) is 2.57. The van der Waals surface area contributed by atoms with Gasteiger partial charge in [0.25, 0.3) is 5.69 Å². The predicted octanol–water partition coefficient (Wildman–Crippen LogP) is 0.0463. The van der Waals surface area contributed by atoms with Crippen molar-refractivity contribution in [3.63, 3.8) is 0 Å². The molecule has 106 valence electrons. The van der Waals surface area contributed by atoms with Gasteiger partial charge in [0, 0.05) is 26.3 Å². The lowest BCUT2D eigenvalue weighted by atomic mass is 10.2. The highest BCUT2D eigenvalue weighted by Crippen LogP contribution is 2.12. The molecule has 0 aromatic carbocycles. The summed E-state index contributed by atoms with van der Waals surface area (Å²) in [5.74, 6) is -0.266. The van der Waals surface area contributed by atoms with Crippen LogP contribution in [-0.2, 0) is 4.74 Å². The van der Waals surface area contributed by atoms with Crippen molar-refractivity contribution in [2.45, 2.75) is 0 Å². The Bertz CT molecular complexity index is 432. The van der Waals surface area contributed by atoms with Crippen LogP contribution in [0.25, 0.3) is 0 Å². The van der Waals surface area contributed by atoms with Gasteiger partial charge < -0.3 is 14.8 Å². The molecule has 0 unspecified atom stereocenters. The Morgan fingerprint density at radius 2 is 2.32 bits per heavy atom. The van der Waals surface area contributed by atoms with Gasteiger partial charge in [0.05, 0.1) is 36.6 Å². The van der Waals surface area contributed by atoms with Crippen LogP contribution in [0.3, 0.4) is 0 Å². The molecule has 0 aliphatic heterocycles. The van der Waals surface area contributed by atoms with Gasteiger partial charge in [-0.05, 0) is 0 Å². The number of aliphatic hydroxyl groups is 1. The fourth-order valence-electron chi connectivity index (χ4n) is 1.57. The van der Waals surface area contributed by atoms with Gasteiger partial charge >= 0.3 is 0 Å². The van der Waals surface area contributed by atoms with Gasteiger partial charge in [-0.25, -0.2) is 0 Å². The number of hydrogen-bond acceptors (Lipinski definition) is 6. The Balaban J connectivity index is 2.61. The molecular weight excluding hydrogens is 254 g/mol. The van der Waals surface area contributed by atoms with Crippen LogP contribution in [0, 0.1) is 10.1 Å². The van der Waals surface area contributed by atoms with E-state index in [1.165, 1.54) is 12.3 Å². The zero-order valence-electron chi connectivity index (χ0n) is 10.7. The maximum Gasteiger partial charge on any atom is 0.287 e. The average molecular weight is 271 g/mol. The van der Waals surface area contributed by atoms with Crippen LogP contribution in [-0.4, -0.2) is 65.7 Å². The number of aliphatic hydroxyl groups excluding tert-OH is 1. The molecule has 0 bridgehead atoms. The number of rotatable bonds is 9. The number of H-pyrrole nitrogens is 1. The summed E-state index contributed by atoms with van der Waals surface area (Å²) >= 11 is 0. The molecule has 1 heterocycles. The van der Waals surface area contributed by atoms with Gasteiger partial charge in [-0.1, -0.05) is 0 Å². The largest absolute Gasteiger partial charge is 0.395 e. The van der Waals surface area contributed by atoms with Crippen LogP contribution >= 0.6 is 0 Å². The molecule has 0 atom stereocenters. The quantitative estimate of drug-likeness (QED) is 0.373. The Morgan fingerprint density at radius 3 is 2.84 bits per heavy atom. The van der Waals surface area contributed by atoms with E-state index in [9.17, 15) is 14.9 Å². The number of carbonyl (C=O) groups excluding carboxylic acids is 1. The summed E-state index contributed by atoms with van der Waals surface area (Å²) in [6.45, 7) is 1.30. The molecule has 0 amide bonds. The summed E-state index contributed by atoms with van der Waals surface area (Å²) in [6, 6.07) is 1.20. The molecule has 0 saturated heterocycles. The highest BCUT2D eigenvalue weighted by atomic mass is 16.6. The second-order valence-electron chi connectivity index (χ2n) is 3.94. The molecular formula is C11H17N3O5. The SMILES string of the molecule is COCCN(CCO)CC(=O)c1cc([N+](=O)[O-])c[nH]1. The first kappa shape index (κ1) is 15.3. The minimum absolute atomic E-state index is 0.0676. The van der Waals surface area contributed by atoms with E-state index in [-0.39, 0.29) is 30.3 Å². The van der Waals surface area contributed by atoms with Crippen LogP contribution in [0.1, 0.15) is 10.5 Å². The molecule has 0 radical (unpaired) electrons. The van der Waals surface area contributed by atoms with E-state index in [0.717, 1.165) is 0 Å². The topological polar surface area (TPSA) is 109 Å². The molecule has 0 aliphatic rings. The Hall–Kier alpha value is -1.77. The molecule has 1 rings (SSSR count). The first-order valence-corrected chi connectivity index (χ1v) is 5.76. The van der Waals surface area contributed by atoms with E-state index in [2.05, 4.69) is 4.98 Å². The fourth-order valence-corrected chi connectivity index (χ4v) is 1.57. The molecule has 0 saturated carbocycles. The van der Waals surface area contributed by atoms with Crippen LogP contribution in [0.4, 0.5) is 5.69 Å². The molecule has 0 aliphatic carbocycles. The lowest BCUT2D eigenvalue weighted by molar-refractivity contribution is -0.384. The van der Waals surface area contributed by atoms with E-state index < -0.39 is 4.92 Å². The Labute approximate surface area is 110 Å². The standard InChI is InChI=1S/C11H17N3O5/c1-19-5-3-13(2-4-15)8-11(16)10-6-9(7-12-10)14(17)18/h6-7,12,15H,2-5,8H2,1H3. The van der Waals surface area contributed by atoms with Crippen LogP contribution in [0.2, 0.25) is 0 Å². The van der Waals surface area contributed by atoms with Gasteiger partial charge in [0.1, 0.15) is 0 Å². The maximum atomic E-state index is 11.9. The number of hydrogen-bond donors (Lipinski definition) is 2. The third-order valence-corrected chi connectivity index (χ3v) is 2.57. The van der Waals surface area contributed by atoms with E-state index in [0.29, 0.717) is 19.7 Å². The van der Waals surface area contributed by atoms with E-state index >= 15 is 0 Å². The van der Waals surface area contributed by atoms with Crippen LogP contribution < -0.4 is 0 Å². The number of nitrogens with one attached hydrogen (secondary N) is 1. The number of ketones is 1.